The Bertz CT molecular complexity index is 907. The Labute approximate surface area is 204 Å². The molecule has 4 aromatic carbocycles. The summed E-state index contributed by atoms with van der Waals surface area (Å²) in [4.78, 5) is 0. The first-order chi connectivity index (χ1) is 14.0. The molecule has 154 valence electrons. The molecule has 0 aromatic heterocycles. The Morgan fingerprint density at radius 2 is 1.13 bits per heavy atom. The second kappa shape index (κ2) is 14.0. The minimum Gasteiger partial charge on any atom is -0.161 e. The third-order valence-electron chi connectivity index (χ3n) is 4.57. The molecule has 0 fully saturated rings. The molecule has 4 rings (SSSR count). The predicted molar refractivity (Wildman–Crippen MR) is 141 cm³/mol. The van der Waals surface area contributed by atoms with E-state index >= 15 is 0 Å². The standard InChI is InChI=1S/2C11H12P.C5H8.Zr/c2*1-12(2)11-7-9-5-3-4-6-10(9)8-11;1-3-5-4-2;/h2*3-8H,1-2H3;3-5H,1H2,2H3;/q2*-1;;+2/b;;5-4+;. The van der Waals surface area contributed by atoms with Crippen molar-refractivity contribution in [3.05, 3.63) is 97.6 Å². The van der Waals surface area contributed by atoms with E-state index in [0.29, 0.717) is 0 Å². The number of rotatable bonds is 3. The van der Waals surface area contributed by atoms with Crippen LogP contribution in [0.2, 0.25) is 0 Å². The maximum Gasteiger partial charge on any atom is 2.00 e. The number of hydrogen-bond acceptors (Lipinski definition) is 0. The maximum absolute atomic E-state index is 3.46. The van der Waals surface area contributed by atoms with Crippen LogP contribution in [-0.2, 0) is 26.2 Å². The van der Waals surface area contributed by atoms with Crippen molar-refractivity contribution < 1.29 is 26.2 Å². The van der Waals surface area contributed by atoms with E-state index in [9.17, 15) is 0 Å². The molecule has 0 N–H and O–H groups in total. The van der Waals surface area contributed by atoms with E-state index in [1.165, 1.54) is 32.2 Å². The van der Waals surface area contributed by atoms with Crippen molar-refractivity contribution >= 4 is 48.0 Å². The van der Waals surface area contributed by atoms with Crippen LogP contribution in [0, 0.1) is 0 Å². The fourth-order valence-electron chi connectivity index (χ4n) is 2.92. The Balaban J connectivity index is 0.000000241. The van der Waals surface area contributed by atoms with Gasteiger partial charge in [0.15, 0.2) is 0 Å². The minimum atomic E-state index is 0. The van der Waals surface area contributed by atoms with E-state index in [0.717, 1.165) is 0 Å². The zero-order valence-corrected chi connectivity index (χ0v) is 23.0. The molecular formula is C27H32P2Zr. The van der Waals surface area contributed by atoms with E-state index < -0.39 is 0 Å². The molecule has 0 aliphatic carbocycles. The van der Waals surface area contributed by atoms with E-state index in [1.807, 2.05) is 19.1 Å². The van der Waals surface area contributed by atoms with Crippen molar-refractivity contribution in [2.75, 3.05) is 26.7 Å². The summed E-state index contributed by atoms with van der Waals surface area (Å²) in [6, 6.07) is 26.3. The van der Waals surface area contributed by atoms with Crippen LogP contribution in [0.5, 0.6) is 0 Å². The van der Waals surface area contributed by atoms with Gasteiger partial charge in [0.1, 0.15) is 0 Å². The molecule has 0 saturated heterocycles. The zero-order valence-electron chi connectivity index (χ0n) is 18.8. The van der Waals surface area contributed by atoms with Gasteiger partial charge >= 0.3 is 26.2 Å². The number of fused-ring (bicyclic) bond motifs is 2. The van der Waals surface area contributed by atoms with Crippen molar-refractivity contribution in [1.82, 2.24) is 0 Å². The summed E-state index contributed by atoms with van der Waals surface area (Å²) in [5.74, 6) is 0. The second-order valence-electron chi connectivity index (χ2n) is 7.24. The van der Waals surface area contributed by atoms with Crippen LogP contribution in [0.25, 0.3) is 21.5 Å². The Kier molecular flexibility index (Phi) is 12.6. The molecule has 30 heavy (non-hydrogen) atoms. The summed E-state index contributed by atoms with van der Waals surface area (Å²) in [7, 11) is 0.115. The third kappa shape index (κ3) is 8.19. The van der Waals surface area contributed by atoms with Gasteiger partial charge in [0.25, 0.3) is 0 Å². The van der Waals surface area contributed by atoms with Gasteiger partial charge in [-0.1, -0.05) is 36.9 Å². The monoisotopic (exact) mass is 508 g/mol. The molecule has 0 radical (unpaired) electrons. The minimum absolute atomic E-state index is 0. The fraction of sp³-hybridized carbons (Fsp3) is 0.185. The summed E-state index contributed by atoms with van der Waals surface area (Å²) in [5, 5.41) is 8.53. The van der Waals surface area contributed by atoms with Crippen LogP contribution in [0.4, 0.5) is 0 Å². The van der Waals surface area contributed by atoms with Crippen molar-refractivity contribution in [3.63, 3.8) is 0 Å². The summed E-state index contributed by atoms with van der Waals surface area (Å²) in [6.45, 7) is 14.6. The van der Waals surface area contributed by atoms with Crippen LogP contribution in [0.15, 0.2) is 97.6 Å². The zero-order chi connectivity index (χ0) is 21.2. The smallest absolute Gasteiger partial charge is 0.161 e. The summed E-state index contributed by atoms with van der Waals surface area (Å²) in [5.41, 5.74) is 0. The Hall–Kier alpha value is -1.12. The van der Waals surface area contributed by atoms with Crippen molar-refractivity contribution in [1.29, 1.82) is 0 Å². The molecule has 3 heteroatoms. The van der Waals surface area contributed by atoms with Crippen LogP contribution < -0.4 is 10.6 Å². The molecule has 0 bridgehead atoms. The summed E-state index contributed by atoms with van der Waals surface area (Å²) in [6.07, 6.45) is 5.58. The van der Waals surface area contributed by atoms with Gasteiger partial charge in [0.05, 0.1) is 0 Å². The first-order valence-electron chi connectivity index (χ1n) is 9.85. The van der Waals surface area contributed by atoms with Crippen molar-refractivity contribution in [2.24, 2.45) is 0 Å². The largest absolute Gasteiger partial charge is 2.00 e. The molecule has 0 spiro atoms. The molecule has 0 unspecified atom stereocenters. The van der Waals surface area contributed by atoms with E-state index in [2.05, 4.69) is 106 Å². The molecule has 0 amide bonds. The van der Waals surface area contributed by atoms with Gasteiger partial charge < -0.3 is 0 Å². The Morgan fingerprint density at radius 1 is 0.733 bits per heavy atom. The fourth-order valence-corrected chi connectivity index (χ4v) is 4.51. The van der Waals surface area contributed by atoms with E-state index in [1.54, 1.807) is 6.08 Å². The van der Waals surface area contributed by atoms with Gasteiger partial charge in [-0.25, -0.2) is 0 Å². The summed E-state index contributed by atoms with van der Waals surface area (Å²) >= 11 is 0. The average Bonchev–Trinajstić information content (AvgIpc) is 3.34. The first kappa shape index (κ1) is 26.9. The van der Waals surface area contributed by atoms with Crippen LogP contribution in [-0.4, -0.2) is 26.7 Å². The normalized spacial score (nSPS) is 10.5. The van der Waals surface area contributed by atoms with Crippen molar-refractivity contribution in [2.45, 2.75) is 6.92 Å². The molecule has 0 aliphatic heterocycles. The average molecular weight is 510 g/mol. The molecule has 0 saturated carbocycles. The third-order valence-corrected chi connectivity index (χ3v) is 7.15. The van der Waals surface area contributed by atoms with E-state index in [4.69, 9.17) is 0 Å². The van der Waals surface area contributed by atoms with Gasteiger partial charge in [-0.05, 0) is 33.6 Å². The number of allylic oxidation sites excluding steroid dienone is 3. The molecule has 0 heterocycles. The van der Waals surface area contributed by atoms with Gasteiger partial charge in [0, 0.05) is 0 Å². The molecule has 0 atom stereocenters. The summed E-state index contributed by atoms with van der Waals surface area (Å²) < 4.78 is 0. The SMILES string of the molecule is C=C/C=C/C.CP(C)c1cc2ccccc2[cH-]1.CP(C)c1cc2ccccc2[cH-]1.[Zr+2]. The van der Waals surface area contributed by atoms with Gasteiger partial charge in [-0.2, -0.15) is 12.1 Å². The molecule has 0 nitrogen and oxygen atoms in total. The molecule has 4 aromatic rings. The van der Waals surface area contributed by atoms with Crippen LogP contribution in [0.3, 0.4) is 0 Å². The predicted octanol–water partition coefficient (Wildman–Crippen LogP) is 7.60. The van der Waals surface area contributed by atoms with Gasteiger partial charge in [-0.3, -0.25) is 0 Å². The van der Waals surface area contributed by atoms with Gasteiger partial charge in [0.2, 0.25) is 0 Å². The first-order valence-corrected chi connectivity index (χ1v) is 14.3. The van der Waals surface area contributed by atoms with Crippen molar-refractivity contribution in [3.8, 4) is 0 Å². The van der Waals surface area contributed by atoms with E-state index in [-0.39, 0.29) is 42.0 Å². The Morgan fingerprint density at radius 3 is 1.40 bits per heavy atom. The number of hydrogen-bond donors (Lipinski definition) is 0. The quantitative estimate of drug-likeness (QED) is 0.152. The topological polar surface area (TPSA) is 0 Å². The molecule has 0 aliphatic rings. The maximum atomic E-state index is 3.46. The second-order valence-corrected chi connectivity index (χ2v) is 11.8. The van der Waals surface area contributed by atoms with Crippen LogP contribution in [0.1, 0.15) is 6.92 Å². The number of benzene rings is 2. The van der Waals surface area contributed by atoms with Gasteiger partial charge in [-0.15, -0.1) is 96.5 Å². The molecular weight excluding hydrogens is 477 g/mol. The van der Waals surface area contributed by atoms with Crippen LogP contribution >= 0.6 is 15.8 Å².